The zero-order valence-electron chi connectivity index (χ0n) is 7.34. The van der Waals surface area contributed by atoms with E-state index in [4.69, 9.17) is 0 Å². The van der Waals surface area contributed by atoms with Crippen LogP contribution in [-0.4, -0.2) is 29.9 Å². The first kappa shape index (κ1) is 9.94. The molecule has 0 radical (unpaired) electrons. The van der Waals surface area contributed by atoms with Gasteiger partial charge in [0.15, 0.2) is 0 Å². The second-order valence-corrected chi connectivity index (χ2v) is 2.68. The Bertz CT molecular complexity index is 166. The number of carbonyl (C=O) groups excluding carboxylic acids is 2. The van der Waals surface area contributed by atoms with Gasteiger partial charge < -0.3 is 5.32 Å². The van der Waals surface area contributed by atoms with E-state index < -0.39 is 0 Å². The summed E-state index contributed by atoms with van der Waals surface area (Å²) in [5.74, 6) is -0.261. The van der Waals surface area contributed by atoms with Crippen LogP contribution in [0, 0.1) is 0 Å². The van der Waals surface area contributed by atoms with Crippen LogP contribution < -0.4 is 5.32 Å². The molecule has 0 spiro atoms. The fourth-order valence-electron chi connectivity index (χ4n) is 0.487. The van der Waals surface area contributed by atoms with E-state index in [0.29, 0.717) is 0 Å². The lowest BCUT2D eigenvalue weighted by Crippen LogP contribution is -2.42. The summed E-state index contributed by atoms with van der Waals surface area (Å²) in [5.41, 5.74) is 0. The van der Waals surface area contributed by atoms with Crippen LogP contribution in [0.15, 0.2) is 0 Å². The molecule has 4 heteroatoms. The molecule has 3 amide bonds. The topological polar surface area (TPSA) is 49.4 Å². The number of hydrogen-bond donors (Lipinski definition) is 1. The van der Waals surface area contributed by atoms with E-state index in [-0.39, 0.29) is 18.0 Å². The second kappa shape index (κ2) is 3.95. The van der Waals surface area contributed by atoms with E-state index in [1.807, 2.05) is 13.8 Å². The largest absolute Gasteiger partial charge is 0.335 e. The van der Waals surface area contributed by atoms with Crippen molar-refractivity contribution in [1.82, 2.24) is 10.2 Å². The van der Waals surface area contributed by atoms with E-state index in [0.717, 1.165) is 4.90 Å². The molecular weight excluding hydrogens is 144 g/mol. The van der Waals surface area contributed by atoms with Gasteiger partial charge in [0.2, 0.25) is 5.91 Å². The van der Waals surface area contributed by atoms with Gasteiger partial charge in [0, 0.05) is 20.0 Å². The van der Waals surface area contributed by atoms with E-state index in [1.54, 1.807) is 0 Å². The van der Waals surface area contributed by atoms with Gasteiger partial charge >= 0.3 is 6.03 Å². The average Bonchev–Trinajstić information content (AvgIpc) is 1.84. The predicted molar refractivity (Wildman–Crippen MR) is 42.1 cm³/mol. The Hall–Kier alpha value is -1.06. The van der Waals surface area contributed by atoms with E-state index in [9.17, 15) is 9.59 Å². The molecule has 1 N–H and O–H groups in total. The molecule has 0 saturated heterocycles. The number of nitrogens with one attached hydrogen (secondary N) is 1. The molecular formula is C7H14N2O2. The molecule has 0 fully saturated rings. The summed E-state index contributed by atoms with van der Waals surface area (Å²) < 4.78 is 0. The highest BCUT2D eigenvalue weighted by molar-refractivity contribution is 5.92. The van der Waals surface area contributed by atoms with Crippen LogP contribution in [0.1, 0.15) is 20.8 Å². The molecule has 0 aliphatic rings. The average molecular weight is 158 g/mol. The Morgan fingerprint density at radius 1 is 1.36 bits per heavy atom. The standard InChI is InChI=1S/C7H14N2O2/c1-5(2)8-7(11)9(4)6(3)10/h5H,1-4H3,(H,8,11). The zero-order chi connectivity index (χ0) is 9.02. The normalized spacial score (nSPS) is 9.55. The molecule has 0 atom stereocenters. The quantitative estimate of drug-likeness (QED) is 0.607. The third-order valence-corrected chi connectivity index (χ3v) is 1.19. The van der Waals surface area contributed by atoms with Crippen LogP contribution >= 0.6 is 0 Å². The highest BCUT2D eigenvalue weighted by atomic mass is 16.2. The van der Waals surface area contributed by atoms with E-state index >= 15 is 0 Å². The van der Waals surface area contributed by atoms with Gasteiger partial charge in [-0.3, -0.25) is 9.69 Å². The Morgan fingerprint density at radius 2 is 1.82 bits per heavy atom. The molecule has 0 aromatic rings. The molecule has 0 aliphatic carbocycles. The Balaban J connectivity index is 3.93. The number of carbonyl (C=O) groups is 2. The van der Waals surface area contributed by atoms with Crippen LogP contribution in [0.5, 0.6) is 0 Å². The summed E-state index contributed by atoms with van der Waals surface area (Å²) in [6.07, 6.45) is 0. The van der Waals surface area contributed by atoms with Crippen LogP contribution in [0.2, 0.25) is 0 Å². The molecule has 11 heavy (non-hydrogen) atoms. The molecule has 0 saturated carbocycles. The highest BCUT2D eigenvalue weighted by Crippen LogP contribution is 1.86. The summed E-state index contributed by atoms with van der Waals surface area (Å²) in [6, 6.07) is -0.295. The van der Waals surface area contributed by atoms with E-state index in [1.165, 1.54) is 14.0 Å². The van der Waals surface area contributed by atoms with Crippen molar-refractivity contribution in [2.24, 2.45) is 0 Å². The van der Waals surface area contributed by atoms with Crippen molar-refractivity contribution < 1.29 is 9.59 Å². The minimum Gasteiger partial charge on any atom is -0.335 e. The smallest absolute Gasteiger partial charge is 0.324 e. The number of urea groups is 1. The lowest BCUT2D eigenvalue weighted by atomic mass is 10.4. The summed E-state index contributed by atoms with van der Waals surface area (Å²) in [4.78, 5) is 22.7. The Labute approximate surface area is 66.6 Å². The summed E-state index contributed by atoms with van der Waals surface area (Å²) in [6.45, 7) is 5.03. The summed E-state index contributed by atoms with van der Waals surface area (Å²) in [5, 5.41) is 2.59. The van der Waals surface area contributed by atoms with Gasteiger partial charge in [0.05, 0.1) is 0 Å². The van der Waals surface area contributed by atoms with Crippen molar-refractivity contribution in [3.05, 3.63) is 0 Å². The number of imide groups is 1. The van der Waals surface area contributed by atoms with Crippen LogP contribution in [-0.2, 0) is 4.79 Å². The number of hydrogen-bond acceptors (Lipinski definition) is 2. The fourth-order valence-corrected chi connectivity index (χ4v) is 0.487. The lowest BCUT2D eigenvalue weighted by molar-refractivity contribution is -0.124. The minimum atomic E-state index is -0.354. The maximum atomic E-state index is 11.0. The molecule has 0 aromatic carbocycles. The first-order chi connectivity index (χ1) is 4.95. The maximum absolute atomic E-state index is 11.0. The monoisotopic (exact) mass is 158 g/mol. The van der Waals surface area contributed by atoms with Crippen molar-refractivity contribution >= 4 is 11.9 Å². The van der Waals surface area contributed by atoms with Crippen molar-refractivity contribution in [1.29, 1.82) is 0 Å². The van der Waals surface area contributed by atoms with Crippen molar-refractivity contribution in [2.75, 3.05) is 7.05 Å². The third-order valence-electron chi connectivity index (χ3n) is 1.19. The van der Waals surface area contributed by atoms with Crippen molar-refractivity contribution in [2.45, 2.75) is 26.8 Å². The molecule has 4 nitrogen and oxygen atoms in total. The first-order valence-electron chi connectivity index (χ1n) is 3.50. The predicted octanol–water partition coefficient (Wildman–Crippen LogP) is 0.583. The summed E-state index contributed by atoms with van der Waals surface area (Å²) >= 11 is 0. The number of rotatable bonds is 1. The Morgan fingerprint density at radius 3 is 2.09 bits per heavy atom. The molecule has 64 valence electrons. The van der Waals surface area contributed by atoms with Gasteiger partial charge in [0.25, 0.3) is 0 Å². The highest BCUT2D eigenvalue weighted by Gasteiger charge is 2.12. The lowest BCUT2D eigenvalue weighted by Gasteiger charge is -2.15. The molecule has 0 aliphatic heterocycles. The SMILES string of the molecule is CC(=O)N(C)C(=O)NC(C)C. The minimum absolute atomic E-state index is 0.0595. The molecule has 0 heterocycles. The summed E-state index contributed by atoms with van der Waals surface area (Å²) in [7, 11) is 1.44. The van der Waals surface area contributed by atoms with Gasteiger partial charge in [-0.15, -0.1) is 0 Å². The molecule has 0 aromatic heterocycles. The maximum Gasteiger partial charge on any atom is 0.324 e. The van der Waals surface area contributed by atoms with Crippen LogP contribution in [0.25, 0.3) is 0 Å². The zero-order valence-corrected chi connectivity index (χ0v) is 7.34. The number of amides is 3. The Kier molecular flexibility index (Phi) is 3.57. The number of nitrogens with zero attached hydrogens (tertiary/aromatic N) is 1. The first-order valence-corrected chi connectivity index (χ1v) is 3.50. The van der Waals surface area contributed by atoms with Gasteiger partial charge in [-0.25, -0.2) is 4.79 Å². The van der Waals surface area contributed by atoms with Crippen LogP contribution in [0.4, 0.5) is 4.79 Å². The van der Waals surface area contributed by atoms with Crippen LogP contribution in [0.3, 0.4) is 0 Å². The third kappa shape index (κ3) is 3.60. The molecule has 0 rings (SSSR count). The van der Waals surface area contributed by atoms with Gasteiger partial charge in [-0.1, -0.05) is 0 Å². The van der Waals surface area contributed by atoms with E-state index in [2.05, 4.69) is 5.32 Å². The van der Waals surface area contributed by atoms with Gasteiger partial charge in [-0.2, -0.15) is 0 Å². The van der Waals surface area contributed by atoms with Crippen molar-refractivity contribution in [3.63, 3.8) is 0 Å². The molecule has 0 bridgehead atoms. The van der Waals surface area contributed by atoms with Gasteiger partial charge in [0.1, 0.15) is 0 Å². The second-order valence-electron chi connectivity index (χ2n) is 2.68. The fraction of sp³-hybridized carbons (Fsp3) is 0.714. The van der Waals surface area contributed by atoms with Crippen molar-refractivity contribution in [3.8, 4) is 0 Å². The van der Waals surface area contributed by atoms with Gasteiger partial charge in [-0.05, 0) is 13.8 Å². The molecule has 0 unspecified atom stereocenters.